The molecule has 0 saturated carbocycles. The van der Waals surface area contributed by atoms with Gasteiger partial charge >= 0.3 is 5.97 Å². The van der Waals surface area contributed by atoms with Crippen LogP contribution in [0.3, 0.4) is 0 Å². The van der Waals surface area contributed by atoms with Gasteiger partial charge in [-0.05, 0) is 6.07 Å². The van der Waals surface area contributed by atoms with E-state index in [2.05, 4.69) is 0 Å². The molecule has 9 heteroatoms. The van der Waals surface area contributed by atoms with Crippen molar-refractivity contribution in [3.05, 3.63) is 18.0 Å². The van der Waals surface area contributed by atoms with Crippen LogP contribution in [0.15, 0.2) is 17.2 Å². The van der Waals surface area contributed by atoms with Gasteiger partial charge in [-0.3, -0.25) is 0 Å². The van der Waals surface area contributed by atoms with Crippen LogP contribution in [0, 0.1) is 0 Å². The number of nitrogens with zero attached hydrogens (tertiary/aromatic N) is 2. The van der Waals surface area contributed by atoms with Gasteiger partial charge in [0.2, 0.25) is 10.0 Å². The first kappa shape index (κ1) is 14.0. The van der Waals surface area contributed by atoms with Gasteiger partial charge in [0.15, 0.2) is 0 Å². The summed E-state index contributed by atoms with van der Waals surface area (Å²) in [5.74, 6) is -1.23. The molecular formula is C10H14N2O6S. The summed E-state index contributed by atoms with van der Waals surface area (Å²) in [5.41, 5.74) is -0.154. The minimum Gasteiger partial charge on any atom is -0.477 e. The monoisotopic (exact) mass is 290 g/mol. The van der Waals surface area contributed by atoms with Gasteiger partial charge in [-0.25, -0.2) is 13.2 Å². The summed E-state index contributed by atoms with van der Waals surface area (Å²) in [4.78, 5) is 10.7. The lowest BCUT2D eigenvalue weighted by Crippen LogP contribution is -2.29. The van der Waals surface area contributed by atoms with Crippen molar-refractivity contribution in [2.24, 2.45) is 7.05 Å². The van der Waals surface area contributed by atoms with Gasteiger partial charge in [0.25, 0.3) is 0 Å². The van der Waals surface area contributed by atoms with Crippen molar-refractivity contribution in [1.82, 2.24) is 8.87 Å². The van der Waals surface area contributed by atoms with Crippen molar-refractivity contribution in [3.63, 3.8) is 0 Å². The molecule has 0 bridgehead atoms. The van der Waals surface area contributed by atoms with E-state index < -0.39 is 28.2 Å². The fraction of sp³-hybridized carbons (Fsp3) is 0.500. The Hall–Kier alpha value is -1.42. The second-order valence-electron chi connectivity index (χ2n) is 4.43. The van der Waals surface area contributed by atoms with E-state index in [1.807, 2.05) is 0 Å². The highest BCUT2D eigenvalue weighted by molar-refractivity contribution is 7.89. The van der Waals surface area contributed by atoms with Crippen molar-refractivity contribution >= 4 is 16.0 Å². The van der Waals surface area contributed by atoms with E-state index >= 15 is 0 Å². The number of carbonyl (C=O) groups is 1. The largest absolute Gasteiger partial charge is 0.477 e. The number of aliphatic hydroxyl groups excluding tert-OH is 2. The van der Waals surface area contributed by atoms with Crippen molar-refractivity contribution in [2.45, 2.75) is 17.1 Å². The molecule has 1 aliphatic rings. The topological polar surface area (TPSA) is 120 Å². The summed E-state index contributed by atoms with van der Waals surface area (Å²) in [5, 5.41) is 27.6. The lowest BCUT2D eigenvalue weighted by molar-refractivity contribution is 0.0572. The van der Waals surface area contributed by atoms with E-state index in [4.69, 9.17) is 5.11 Å². The lowest BCUT2D eigenvalue weighted by atomic mass is 10.3. The molecule has 1 aliphatic heterocycles. The maximum absolute atomic E-state index is 12.2. The fourth-order valence-electron chi connectivity index (χ4n) is 1.97. The number of aryl methyl sites for hydroxylation is 1. The normalized spacial score (nSPS) is 24.8. The first-order chi connectivity index (χ1) is 8.73. The SMILES string of the molecule is Cn1cc(S(=O)(=O)N2CC(O)C(O)C2)cc1C(=O)O. The van der Waals surface area contributed by atoms with Crippen molar-refractivity contribution in [1.29, 1.82) is 0 Å². The van der Waals surface area contributed by atoms with Crippen LogP contribution >= 0.6 is 0 Å². The number of aliphatic hydroxyl groups is 2. The van der Waals surface area contributed by atoms with Crippen LogP contribution in [0.1, 0.15) is 10.5 Å². The Balaban J connectivity index is 2.35. The molecule has 0 aromatic carbocycles. The Bertz CT molecular complexity index is 598. The highest BCUT2D eigenvalue weighted by atomic mass is 32.2. The summed E-state index contributed by atoms with van der Waals surface area (Å²) >= 11 is 0. The molecule has 2 atom stereocenters. The lowest BCUT2D eigenvalue weighted by Gasteiger charge is -2.13. The smallest absolute Gasteiger partial charge is 0.352 e. The minimum absolute atomic E-state index is 0.154. The van der Waals surface area contributed by atoms with E-state index in [1.165, 1.54) is 17.8 Å². The number of aromatic nitrogens is 1. The molecule has 3 N–H and O–H groups in total. The number of rotatable bonds is 3. The van der Waals surface area contributed by atoms with Gasteiger partial charge in [-0.15, -0.1) is 0 Å². The summed E-state index contributed by atoms with van der Waals surface area (Å²) < 4.78 is 26.5. The average Bonchev–Trinajstić information content (AvgIpc) is 2.84. The predicted molar refractivity (Wildman–Crippen MR) is 63.1 cm³/mol. The third-order valence-corrected chi connectivity index (χ3v) is 4.86. The number of sulfonamides is 1. The highest BCUT2D eigenvalue weighted by Gasteiger charge is 2.38. The first-order valence-electron chi connectivity index (χ1n) is 5.49. The van der Waals surface area contributed by atoms with Crippen LogP contribution in [-0.2, 0) is 17.1 Å². The second-order valence-corrected chi connectivity index (χ2v) is 6.37. The Kier molecular flexibility index (Phi) is 3.39. The van der Waals surface area contributed by atoms with E-state index in [1.54, 1.807) is 0 Å². The minimum atomic E-state index is -3.91. The highest BCUT2D eigenvalue weighted by Crippen LogP contribution is 2.23. The zero-order valence-electron chi connectivity index (χ0n) is 10.1. The Morgan fingerprint density at radius 1 is 1.32 bits per heavy atom. The molecule has 1 fully saturated rings. The molecule has 1 aromatic rings. The van der Waals surface area contributed by atoms with E-state index in [0.29, 0.717) is 0 Å². The molecule has 0 spiro atoms. The molecule has 2 heterocycles. The van der Waals surface area contributed by atoms with Crippen LogP contribution < -0.4 is 0 Å². The summed E-state index contributed by atoms with van der Waals surface area (Å²) in [6.45, 7) is -0.415. The van der Waals surface area contributed by atoms with Crippen LogP contribution in [0.5, 0.6) is 0 Å². The molecule has 0 radical (unpaired) electrons. The fourth-order valence-corrected chi connectivity index (χ4v) is 3.52. The molecule has 1 aromatic heterocycles. The maximum Gasteiger partial charge on any atom is 0.352 e. The standard InChI is InChI=1S/C10H14N2O6S/c1-11-3-6(2-7(11)10(15)16)19(17,18)12-4-8(13)9(14)5-12/h2-3,8-9,13-14H,4-5H2,1H3,(H,15,16). The summed E-state index contributed by atoms with van der Waals surface area (Å²) in [6, 6.07) is 1.05. The number of hydrogen-bond acceptors (Lipinski definition) is 5. The third-order valence-electron chi connectivity index (χ3n) is 3.06. The number of β-amino-alcohol motifs (C(OH)–C–C–N with tert-alkyl or cyclic N) is 2. The van der Waals surface area contributed by atoms with E-state index in [-0.39, 0.29) is 23.7 Å². The quantitative estimate of drug-likeness (QED) is 0.620. The van der Waals surface area contributed by atoms with E-state index in [0.717, 1.165) is 10.4 Å². The third kappa shape index (κ3) is 2.37. The molecule has 19 heavy (non-hydrogen) atoms. The van der Waals surface area contributed by atoms with Gasteiger partial charge in [-0.2, -0.15) is 4.31 Å². The van der Waals surface area contributed by atoms with Gasteiger partial charge < -0.3 is 19.9 Å². The Labute approximate surface area is 109 Å². The molecule has 1 saturated heterocycles. The molecule has 8 nitrogen and oxygen atoms in total. The van der Waals surface area contributed by atoms with Crippen LogP contribution in [0.2, 0.25) is 0 Å². The van der Waals surface area contributed by atoms with Crippen LogP contribution in [0.4, 0.5) is 0 Å². The number of carboxylic acid groups (broad SMARTS) is 1. The molecule has 106 valence electrons. The Morgan fingerprint density at radius 3 is 2.26 bits per heavy atom. The van der Waals surface area contributed by atoms with Crippen molar-refractivity contribution in [2.75, 3.05) is 13.1 Å². The Morgan fingerprint density at radius 2 is 1.84 bits per heavy atom. The first-order valence-corrected chi connectivity index (χ1v) is 6.93. The zero-order chi connectivity index (χ0) is 14.4. The molecule has 2 unspecified atom stereocenters. The van der Waals surface area contributed by atoms with Crippen LogP contribution in [0.25, 0.3) is 0 Å². The van der Waals surface area contributed by atoms with E-state index in [9.17, 15) is 23.4 Å². The summed E-state index contributed by atoms with van der Waals surface area (Å²) in [7, 11) is -2.48. The maximum atomic E-state index is 12.2. The number of aromatic carboxylic acids is 1. The number of carboxylic acids is 1. The molecule has 0 amide bonds. The summed E-state index contributed by atoms with van der Waals surface area (Å²) in [6.07, 6.45) is -1.06. The van der Waals surface area contributed by atoms with Gasteiger partial charge in [0, 0.05) is 26.3 Å². The molecular weight excluding hydrogens is 276 g/mol. The average molecular weight is 290 g/mol. The molecule has 2 rings (SSSR count). The van der Waals surface area contributed by atoms with Crippen LogP contribution in [-0.4, -0.2) is 63.9 Å². The molecule has 0 aliphatic carbocycles. The van der Waals surface area contributed by atoms with Gasteiger partial charge in [0.05, 0.1) is 12.2 Å². The zero-order valence-corrected chi connectivity index (χ0v) is 10.9. The number of hydrogen-bond donors (Lipinski definition) is 3. The van der Waals surface area contributed by atoms with Gasteiger partial charge in [-0.1, -0.05) is 0 Å². The van der Waals surface area contributed by atoms with Crippen molar-refractivity contribution < 1.29 is 28.5 Å². The predicted octanol–water partition coefficient (Wildman–Crippen LogP) is -1.55. The second kappa shape index (κ2) is 4.60. The van der Waals surface area contributed by atoms with Gasteiger partial charge in [0.1, 0.15) is 10.6 Å². The van der Waals surface area contributed by atoms with Crippen molar-refractivity contribution in [3.8, 4) is 0 Å².